The quantitative estimate of drug-likeness (QED) is 0.682. The molecule has 156 valence electrons. The molecule has 0 aliphatic carbocycles. The van der Waals surface area contributed by atoms with Gasteiger partial charge in [0.2, 0.25) is 11.8 Å². The molecule has 2 aromatic rings. The molecule has 0 fully saturated rings. The van der Waals surface area contributed by atoms with Crippen LogP contribution in [0.2, 0.25) is 0 Å². The van der Waals surface area contributed by atoms with Crippen molar-refractivity contribution < 1.29 is 9.59 Å². The lowest BCUT2D eigenvalue weighted by Crippen LogP contribution is -2.39. The van der Waals surface area contributed by atoms with Crippen LogP contribution >= 0.6 is 0 Å². The van der Waals surface area contributed by atoms with E-state index in [9.17, 15) is 9.59 Å². The topological polar surface area (TPSA) is 74.3 Å². The van der Waals surface area contributed by atoms with Gasteiger partial charge in [-0.05, 0) is 56.5 Å². The average Bonchev–Trinajstić information content (AvgIpc) is 2.61. The number of amides is 2. The second-order valence-corrected chi connectivity index (χ2v) is 8.01. The van der Waals surface area contributed by atoms with Gasteiger partial charge in [0, 0.05) is 5.69 Å². The SMILES string of the molecule is Cc1cccc(NC(=O)CN(C)CC(=O)NC(C)c2ccc(CC(C)C)cc2)n1. The number of hydrogen-bond acceptors (Lipinski definition) is 4. The van der Waals surface area contributed by atoms with Crippen molar-refractivity contribution >= 4 is 17.6 Å². The minimum absolute atomic E-state index is 0.0886. The van der Waals surface area contributed by atoms with Crippen molar-refractivity contribution in [2.45, 2.75) is 40.2 Å². The normalized spacial score (nSPS) is 12.1. The smallest absolute Gasteiger partial charge is 0.239 e. The molecule has 1 atom stereocenters. The number of hydrogen-bond donors (Lipinski definition) is 2. The molecule has 2 N–H and O–H groups in total. The molecule has 29 heavy (non-hydrogen) atoms. The number of likely N-dealkylation sites (N-methyl/N-ethyl adjacent to an activating group) is 1. The van der Waals surface area contributed by atoms with Crippen LogP contribution in [0.5, 0.6) is 0 Å². The molecule has 0 saturated heterocycles. The van der Waals surface area contributed by atoms with Crippen LogP contribution in [0.3, 0.4) is 0 Å². The average molecular weight is 397 g/mol. The van der Waals surface area contributed by atoms with Crippen LogP contribution in [0.4, 0.5) is 5.82 Å². The molecule has 0 saturated carbocycles. The molecule has 0 bridgehead atoms. The summed E-state index contributed by atoms with van der Waals surface area (Å²) < 4.78 is 0. The molecule has 1 unspecified atom stereocenters. The Hall–Kier alpha value is -2.73. The zero-order chi connectivity index (χ0) is 21.4. The Morgan fingerprint density at radius 1 is 1.00 bits per heavy atom. The van der Waals surface area contributed by atoms with Gasteiger partial charge in [0.15, 0.2) is 0 Å². The van der Waals surface area contributed by atoms with Crippen LogP contribution in [0.15, 0.2) is 42.5 Å². The molecule has 1 aromatic carbocycles. The maximum Gasteiger partial charge on any atom is 0.239 e. The third-order valence-corrected chi connectivity index (χ3v) is 4.48. The molecular formula is C23H32N4O2. The Bertz CT molecular complexity index is 818. The number of carbonyl (C=O) groups excluding carboxylic acids is 2. The van der Waals surface area contributed by atoms with Crippen molar-refractivity contribution in [1.82, 2.24) is 15.2 Å². The Morgan fingerprint density at radius 3 is 2.28 bits per heavy atom. The van der Waals surface area contributed by atoms with E-state index >= 15 is 0 Å². The number of carbonyl (C=O) groups is 2. The zero-order valence-electron chi connectivity index (χ0n) is 18.0. The molecular weight excluding hydrogens is 364 g/mol. The van der Waals surface area contributed by atoms with Gasteiger partial charge in [0.1, 0.15) is 5.82 Å². The molecule has 0 aliphatic rings. The monoisotopic (exact) mass is 396 g/mol. The highest BCUT2D eigenvalue weighted by Crippen LogP contribution is 2.15. The van der Waals surface area contributed by atoms with Gasteiger partial charge in [0.05, 0.1) is 19.1 Å². The molecule has 1 aromatic heterocycles. The van der Waals surface area contributed by atoms with Crippen molar-refractivity contribution in [2.24, 2.45) is 5.92 Å². The lowest BCUT2D eigenvalue weighted by Gasteiger charge is -2.19. The number of aromatic nitrogens is 1. The molecule has 2 rings (SSSR count). The first-order chi connectivity index (χ1) is 13.7. The lowest BCUT2D eigenvalue weighted by atomic mass is 10.00. The number of pyridine rings is 1. The molecule has 0 spiro atoms. The number of nitrogens with zero attached hydrogens (tertiary/aromatic N) is 2. The third-order valence-electron chi connectivity index (χ3n) is 4.48. The summed E-state index contributed by atoms with van der Waals surface area (Å²) in [5, 5.41) is 5.74. The summed E-state index contributed by atoms with van der Waals surface area (Å²) in [7, 11) is 1.74. The third kappa shape index (κ3) is 8.03. The van der Waals surface area contributed by atoms with E-state index in [0.29, 0.717) is 11.7 Å². The van der Waals surface area contributed by atoms with Crippen molar-refractivity contribution in [3.8, 4) is 0 Å². The van der Waals surface area contributed by atoms with E-state index in [1.807, 2.05) is 26.0 Å². The Morgan fingerprint density at radius 2 is 1.66 bits per heavy atom. The number of rotatable bonds is 9. The van der Waals surface area contributed by atoms with E-state index in [-0.39, 0.29) is 30.9 Å². The zero-order valence-corrected chi connectivity index (χ0v) is 18.0. The van der Waals surface area contributed by atoms with Gasteiger partial charge >= 0.3 is 0 Å². The first-order valence-electron chi connectivity index (χ1n) is 10.0. The maximum atomic E-state index is 12.3. The number of anilines is 1. The first-order valence-corrected chi connectivity index (χ1v) is 10.0. The highest BCUT2D eigenvalue weighted by Gasteiger charge is 2.14. The molecule has 2 amide bonds. The predicted octanol–water partition coefficient (Wildman–Crippen LogP) is 3.34. The second-order valence-electron chi connectivity index (χ2n) is 8.01. The second kappa shape index (κ2) is 10.7. The van der Waals surface area contributed by atoms with Crippen molar-refractivity contribution in [1.29, 1.82) is 0 Å². The number of benzene rings is 1. The molecule has 6 heteroatoms. The van der Waals surface area contributed by atoms with E-state index in [2.05, 4.69) is 53.7 Å². The highest BCUT2D eigenvalue weighted by atomic mass is 16.2. The highest BCUT2D eigenvalue weighted by molar-refractivity contribution is 5.91. The van der Waals surface area contributed by atoms with Gasteiger partial charge in [0.25, 0.3) is 0 Å². The van der Waals surface area contributed by atoms with Crippen LogP contribution < -0.4 is 10.6 Å². The molecule has 0 aliphatic heterocycles. The van der Waals surface area contributed by atoms with Crippen LogP contribution in [0.1, 0.15) is 43.6 Å². The van der Waals surface area contributed by atoms with Gasteiger partial charge in [-0.15, -0.1) is 0 Å². The van der Waals surface area contributed by atoms with E-state index in [0.717, 1.165) is 17.7 Å². The molecule has 0 radical (unpaired) electrons. The van der Waals surface area contributed by atoms with Crippen LogP contribution in [0, 0.1) is 12.8 Å². The summed E-state index contributed by atoms with van der Waals surface area (Å²) >= 11 is 0. The van der Waals surface area contributed by atoms with E-state index < -0.39 is 0 Å². The van der Waals surface area contributed by atoms with E-state index in [1.165, 1.54) is 5.56 Å². The van der Waals surface area contributed by atoms with Crippen LogP contribution in [-0.2, 0) is 16.0 Å². The predicted molar refractivity (Wildman–Crippen MR) is 117 cm³/mol. The summed E-state index contributed by atoms with van der Waals surface area (Å²) in [6.07, 6.45) is 1.05. The fourth-order valence-corrected chi connectivity index (χ4v) is 3.13. The Kier molecular flexibility index (Phi) is 8.34. The Labute approximate surface area is 173 Å². The fraction of sp³-hybridized carbons (Fsp3) is 0.435. The van der Waals surface area contributed by atoms with Gasteiger partial charge in [-0.25, -0.2) is 4.98 Å². The fourth-order valence-electron chi connectivity index (χ4n) is 3.13. The van der Waals surface area contributed by atoms with Gasteiger partial charge < -0.3 is 10.6 Å². The van der Waals surface area contributed by atoms with Crippen molar-refractivity contribution in [2.75, 3.05) is 25.5 Å². The van der Waals surface area contributed by atoms with E-state index in [4.69, 9.17) is 0 Å². The van der Waals surface area contributed by atoms with Gasteiger partial charge in [-0.3, -0.25) is 14.5 Å². The molecule has 1 heterocycles. The van der Waals surface area contributed by atoms with Gasteiger partial charge in [-0.2, -0.15) is 0 Å². The van der Waals surface area contributed by atoms with Crippen LogP contribution in [0.25, 0.3) is 0 Å². The lowest BCUT2D eigenvalue weighted by molar-refractivity contribution is -0.123. The minimum atomic E-state index is -0.202. The first kappa shape index (κ1) is 22.6. The molecule has 6 nitrogen and oxygen atoms in total. The Balaban J connectivity index is 1.79. The summed E-state index contributed by atoms with van der Waals surface area (Å²) in [6.45, 7) is 8.48. The number of nitrogens with one attached hydrogen (secondary N) is 2. The number of aryl methyl sites for hydroxylation is 1. The maximum absolute atomic E-state index is 12.3. The largest absolute Gasteiger partial charge is 0.348 e. The summed E-state index contributed by atoms with van der Waals surface area (Å²) in [6, 6.07) is 13.7. The standard InChI is InChI=1S/C23H32N4O2/c1-16(2)13-19-9-11-20(12-10-19)18(4)25-22(28)14-27(5)15-23(29)26-21-8-6-7-17(3)24-21/h6-12,16,18H,13-15H2,1-5H3,(H,25,28)(H,24,26,29). The van der Waals surface area contributed by atoms with Crippen molar-refractivity contribution in [3.63, 3.8) is 0 Å². The van der Waals surface area contributed by atoms with Crippen molar-refractivity contribution in [3.05, 3.63) is 59.3 Å². The minimum Gasteiger partial charge on any atom is -0.348 e. The summed E-state index contributed by atoms with van der Waals surface area (Å²) in [5.41, 5.74) is 3.20. The van der Waals surface area contributed by atoms with Crippen LogP contribution in [-0.4, -0.2) is 41.8 Å². The summed E-state index contributed by atoms with van der Waals surface area (Å²) in [5.74, 6) is 0.815. The van der Waals surface area contributed by atoms with Gasteiger partial charge in [-0.1, -0.05) is 44.2 Å². The van der Waals surface area contributed by atoms with E-state index in [1.54, 1.807) is 18.0 Å². The summed E-state index contributed by atoms with van der Waals surface area (Å²) in [4.78, 5) is 30.4.